The number of hydrogen-bond donors (Lipinski definition) is 3. The number of fused-ring (bicyclic) bond motifs is 1. The summed E-state index contributed by atoms with van der Waals surface area (Å²) >= 11 is 0. The Morgan fingerprint density at radius 2 is 1.68 bits per heavy atom. The molecule has 144 valence electrons. The lowest BCUT2D eigenvalue weighted by atomic mass is 9.95. The van der Waals surface area contributed by atoms with Gasteiger partial charge in [-0.15, -0.1) is 0 Å². The Morgan fingerprint density at radius 3 is 2.43 bits per heavy atom. The minimum absolute atomic E-state index is 0.0811. The molecular weight excluding hydrogens is 357 g/mol. The summed E-state index contributed by atoms with van der Waals surface area (Å²) in [6, 6.07) is 13.0. The van der Waals surface area contributed by atoms with Gasteiger partial charge in [-0.3, -0.25) is 9.59 Å². The lowest BCUT2D eigenvalue weighted by Crippen LogP contribution is -2.36. The normalized spacial score (nSPS) is 14.8. The van der Waals surface area contributed by atoms with Crippen LogP contribution in [0.2, 0.25) is 0 Å². The molecule has 0 saturated heterocycles. The van der Waals surface area contributed by atoms with Crippen LogP contribution in [-0.4, -0.2) is 22.8 Å². The van der Waals surface area contributed by atoms with E-state index in [1.165, 1.54) is 18.6 Å². The van der Waals surface area contributed by atoms with Gasteiger partial charge in [0.1, 0.15) is 11.5 Å². The average molecular weight is 379 g/mol. The molecule has 1 heterocycles. The molecule has 0 spiro atoms. The van der Waals surface area contributed by atoms with E-state index in [0.29, 0.717) is 27.8 Å². The van der Waals surface area contributed by atoms with Crippen LogP contribution in [0.3, 0.4) is 0 Å². The number of aromatic amines is 1. The number of carbonyl (C=O) groups is 2. The zero-order valence-electron chi connectivity index (χ0n) is 15.4. The molecule has 5 nitrogen and oxygen atoms in total. The van der Waals surface area contributed by atoms with Gasteiger partial charge in [-0.05, 0) is 61.4 Å². The van der Waals surface area contributed by atoms with Crippen LogP contribution in [0.5, 0.6) is 0 Å². The van der Waals surface area contributed by atoms with Crippen molar-refractivity contribution in [3.63, 3.8) is 0 Å². The van der Waals surface area contributed by atoms with Crippen LogP contribution in [0.15, 0.2) is 48.5 Å². The van der Waals surface area contributed by atoms with Gasteiger partial charge in [0.05, 0.1) is 0 Å². The molecule has 1 saturated carbocycles. The number of amides is 2. The summed E-state index contributed by atoms with van der Waals surface area (Å²) in [6.07, 6.45) is 5.64. The van der Waals surface area contributed by atoms with Gasteiger partial charge in [-0.1, -0.05) is 19.3 Å². The second-order valence-electron chi connectivity index (χ2n) is 7.25. The molecule has 2 amide bonds. The summed E-state index contributed by atoms with van der Waals surface area (Å²) in [7, 11) is 0. The Hall–Kier alpha value is -3.15. The van der Waals surface area contributed by atoms with Crippen LogP contribution in [0.4, 0.5) is 10.1 Å². The third kappa shape index (κ3) is 4.06. The molecule has 0 bridgehead atoms. The quantitative estimate of drug-likeness (QED) is 0.619. The van der Waals surface area contributed by atoms with Gasteiger partial charge in [0.25, 0.3) is 11.8 Å². The molecule has 0 aliphatic heterocycles. The standard InChI is InChI=1S/C22H22FN3O2/c23-16-8-11-19-15(12-16)13-20(26-19)22(28)25-18-9-6-14(7-10-18)21(27)24-17-4-2-1-3-5-17/h6-13,17,26H,1-5H2,(H,24,27)(H,25,28). The Kier molecular flexibility index (Phi) is 5.10. The van der Waals surface area contributed by atoms with Crippen molar-refractivity contribution in [2.24, 2.45) is 0 Å². The number of aromatic nitrogens is 1. The Balaban J connectivity index is 1.40. The lowest BCUT2D eigenvalue weighted by Gasteiger charge is -2.22. The molecule has 1 aromatic heterocycles. The van der Waals surface area contributed by atoms with Gasteiger partial charge >= 0.3 is 0 Å². The SMILES string of the molecule is O=C(NC1CCCCC1)c1ccc(NC(=O)c2cc3cc(F)ccc3[nH]2)cc1. The Labute approximate surface area is 162 Å². The molecule has 0 unspecified atom stereocenters. The molecule has 1 aliphatic carbocycles. The number of rotatable bonds is 4. The summed E-state index contributed by atoms with van der Waals surface area (Å²) < 4.78 is 13.3. The first kappa shape index (κ1) is 18.2. The van der Waals surface area contributed by atoms with Crippen LogP contribution >= 0.6 is 0 Å². The van der Waals surface area contributed by atoms with E-state index in [2.05, 4.69) is 15.6 Å². The second kappa shape index (κ2) is 7.84. The van der Waals surface area contributed by atoms with Crippen LogP contribution in [0.25, 0.3) is 10.9 Å². The fourth-order valence-corrected chi connectivity index (χ4v) is 3.64. The predicted molar refractivity (Wildman–Crippen MR) is 107 cm³/mol. The maximum Gasteiger partial charge on any atom is 0.272 e. The van der Waals surface area contributed by atoms with Crippen LogP contribution in [-0.2, 0) is 0 Å². The largest absolute Gasteiger partial charge is 0.351 e. The molecule has 3 aromatic rings. The summed E-state index contributed by atoms with van der Waals surface area (Å²) in [5.41, 5.74) is 2.20. The van der Waals surface area contributed by atoms with Crippen molar-refractivity contribution in [3.8, 4) is 0 Å². The smallest absolute Gasteiger partial charge is 0.272 e. The minimum Gasteiger partial charge on any atom is -0.351 e. The molecule has 3 N–H and O–H groups in total. The summed E-state index contributed by atoms with van der Waals surface area (Å²) in [6.45, 7) is 0. The topological polar surface area (TPSA) is 74.0 Å². The predicted octanol–water partition coefficient (Wildman–Crippen LogP) is 4.62. The number of hydrogen-bond acceptors (Lipinski definition) is 2. The van der Waals surface area contributed by atoms with Gasteiger partial charge in [-0.2, -0.15) is 0 Å². The van der Waals surface area contributed by atoms with Crippen molar-refractivity contribution in [3.05, 3.63) is 65.6 Å². The van der Waals surface area contributed by atoms with E-state index in [1.54, 1.807) is 36.4 Å². The van der Waals surface area contributed by atoms with E-state index in [9.17, 15) is 14.0 Å². The van der Waals surface area contributed by atoms with Gasteiger partial charge in [0.15, 0.2) is 0 Å². The van der Waals surface area contributed by atoms with Gasteiger partial charge < -0.3 is 15.6 Å². The molecule has 4 rings (SSSR count). The molecular formula is C22H22FN3O2. The highest BCUT2D eigenvalue weighted by molar-refractivity contribution is 6.06. The fraction of sp³-hybridized carbons (Fsp3) is 0.273. The molecule has 1 fully saturated rings. The minimum atomic E-state index is -0.347. The number of benzene rings is 2. The Morgan fingerprint density at radius 1 is 0.929 bits per heavy atom. The van der Waals surface area contributed by atoms with E-state index in [1.807, 2.05) is 0 Å². The van der Waals surface area contributed by atoms with Crippen molar-refractivity contribution in [2.45, 2.75) is 38.1 Å². The summed E-state index contributed by atoms with van der Waals surface area (Å²) in [4.78, 5) is 27.8. The van der Waals surface area contributed by atoms with E-state index in [4.69, 9.17) is 0 Å². The van der Waals surface area contributed by atoms with Gasteiger partial charge in [0.2, 0.25) is 0 Å². The highest BCUT2D eigenvalue weighted by atomic mass is 19.1. The molecule has 0 atom stereocenters. The van der Waals surface area contributed by atoms with Crippen LogP contribution in [0.1, 0.15) is 53.0 Å². The lowest BCUT2D eigenvalue weighted by molar-refractivity contribution is 0.0927. The monoisotopic (exact) mass is 379 g/mol. The number of nitrogens with one attached hydrogen (secondary N) is 3. The van der Waals surface area contributed by atoms with Crippen LogP contribution in [0, 0.1) is 5.82 Å². The first-order valence-corrected chi connectivity index (χ1v) is 9.59. The average Bonchev–Trinajstić information content (AvgIpc) is 3.12. The zero-order chi connectivity index (χ0) is 19.5. The Bertz CT molecular complexity index is 1000. The third-order valence-corrected chi connectivity index (χ3v) is 5.17. The number of anilines is 1. The first-order valence-electron chi connectivity index (χ1n) is 9.59. The fourth-order valence-electron chi connectivity index (χ4n) is 3.64. The summed E-state index contributed by atoms with van der Waals surface area (Å²) in [5.74, 6) is -0.751. The highest BCUT2D eigenvalue weighted by Gasteiger charge is 2.17. The molecule has 2 aromatic carbocycles. The van der Waals surface area contributed by atoms with Crippen molar-refractivity contribution < 1.29 is 14.0 Å². The number of H-pyrrole nitrogens is 1. The van der Waals surface area contributed by atoms with E-state index in [0.717, 1.165) is 25.7 Å². The van der Waals surface area contributed by atoms with Gasteiger partial charge in [0, 0.05) is 28.2 Å². The number of halogens is 1. The maximum atomic E-state index is 13.3. The van der Waals surface area contributed by atoms with Crippen molar-refractivity contribution >= 4 is 28.4 Å². The van der Waals surface area contributed by atoms with Crippen molar-refractivity contribution in [1.29, 1.82) is 0 Å². The van der Waals surface area contributed by atoms with E-state index in [-0.39, 0.29) is 23.7 Å². The second-order valence-corrected chi connectivity index (χ2v) is 7.25. The molecule has 28 heavy (non-hydrogen) atoms. The molecule has 0 radical (unpaired) electrons. The third-order valence-electron chi connectivity index (χ3n) is 5.17. The zero-order valence-corrected chi connectivity index (χ0v) is 15.4. The summed E-state index contributed by atoms with van der Waals surface area (Å²) in [5, 5.41) is 6.50. The first-order chi connectivity index (χ1) is 13.6. The van der Waals surface area contributed by atoms with Crippen LogP contribution < -0.4 is 10.6 Å². The number of carbonyl (C=O) groups excluding carboxylic acids is 2. The van der Waals surface area contributed by atoms with E-state index >= 15 is 0 Å². The highest BCUT2D eigenvalue weighted by Crippen LogP contribution is 2.20. The molecule has 1 aliphatic rings. The van der Waals surface area contributed by atoms with E-state index < -0.39 is 0 Å². The van der Waals surface area contributed by atoms with Crippen molar-refractivity contribution in [1.82, 2.24) is 10.3 Å². The molecule has 6 heteroatoms. The van der Waals surface area contributed by atoms with Gasteiger partial charge in [-0.25, -0.2) is 4.39 Å². The van der Waals surface area contributed by atoms with Crippen molar-refractivity contribution in [2.75, 3.05) is 5.32 Å². The maximum absolute atomic E-state index is 13.3.